The molecule has 0 aromatic heterocycles. The zero-order valence-corrected chi connectivity index (χ0v) is 10.1. The maximum absolute atomic E-state index is 2.16. The van der Waals surface area contributed by atoms with E-state index in [1.54, 1.807) is 0 Å². The molecule has 1 heteroatoms. The summed E-state index contributed by atoms with van der Waals surface area (Å²) in [6, 6.07) is 17.0. The van der Waals surface area contributed by atoms with E-state index in [0.29, 0.717) is 0 Å². The molecular weight excluding hydrogens is 194 g/mol. The van der Waals surface area contributed by atoms with Crippen molar-refractivity contribution >= 4 is 5.69 Å². The van der Waals surface area contributed by atoms with E-state index < -0.39 is 0 Å². The molecule has 0 aliphatic carbocycles. The first-order valence-electron chi connectivity index (χ1n) is 5.52. The zero-order valence-electron chi connectivity index (χ0n) is 10.1. The topological polar surface area (TPSA) is 3.24 Å². The molecule has 0 radical (unpaired) electrons. The summed E-state index contributed by atoms with van der Waals surface area (Å²) in [6.45, 7) is 2.16. The summed E-state index contributed by atoms with van der Waals surface area (Å²) in [4.78, 5) is 2.16. The number of anilines is 1. The fourth-order valence-corrected chi connectivity index (χ4v) is 2.01. The number of nitrogens with zero attached hydrogens (tertiary/aromatic N) is 1. The molecule has 1 nitrogen and oxygen atoms in total. The predicted octanol–water partition coefficient (Wildman–Crippen LogP) is 3.73. The lowest BCUT2D eigenvalue weighted by atomic mass is 9.98. The van der Waals surface area contributed by atoms with Crippen LogP contribution in [0, 0.1) is 6.92 Å². The van der Waals surface area contributed by atoms with Gasteiger partial charge in [0.15, 0.2) is 0 Å². The number of benzene rings is 2. The van der Waals surface area contributed by atoms with E-state index in [9.17, 15) is 0 Å². The maximum Gasteiger partial charge on any atom is 0.0443 e. The fraction of sp³-hybridized carbons (Fsp3) is 0.200. The normalized spacial score (nSPS) is 10.2. The largest absolute Gasteiger partial charge is 0.377 e. The summed E-state index contributed by atoms with van der Waals surface area (Å²) in [5.74, 6) is 0. The van der Waals surface area contributed by atoms with E-state index in [2.05, 4.69) is 74.4 Å². The molecule has 0 spiro atoms. The number of hydrogen-bond acceptors (Lipinski definition) is 1. The molecule has 2 rings (SSSR count). The Balaban J connectivity index is 2.64. The van der Waals surface area contributed by atoms with Crippen molar-refractivity contribution in [2.24, 2.45) is 0 Å². The van der Waals surface area contributed by atoms with Gasteiger partial charge in [-0.25, -0.2) is 0 Å². The SMILES string of the molecule is Cc1cccc(N(C)C)c1-c1ccccc1. The standard InChI is InChI=1S/C15H17N/c1-12-8-7-11-14(16(2)3)15(12)13-9-5-4-6-10-13/h4-11H,1-3H3. The Morgan fingerprint density at radius 1 is 0.812 bits per heavy atom. The van der Waals surface area contributed by atoms with Crippen LogP contribution in [0.15, 0.2) is 48.5 Å². The highest BCUT2D eigenvalue weighted by molar-refractivity contribution is 5.81. The second-order valence-corrected chi connectivity index (χ2v) is 4.23. The molecule has 0 saturated carbocycles. The van der Waals surface area contributed by atoms with Gasteiger partial charge in [-0.3, -0.25) is 0 Å². The van der Waals surface area contributed by atoms with Gasteiger partial charge in [-0.15, -0.1) is 0 Å². The number of rotatable bonds is 2. The smallest absolute Gasteiger partial charge is 0.0443 e. The number of aryl methyl sites for hydroxylation is 1. The van der Waals surface area contributed by atoms with Crippen molar-refractivity contribution in [3.05, 3.63) is 54.1 Å². The van der Waals surface area contributed by atoms with Crippen molar-refractivity contribution in [2.75, 3.05) is 19.0 Å². The summed E-state index contributed by atoms with van der Waals surface area (Å²) in [7, 11) is 4.17. The minimum atomic E-state index is 1.27. The molecule has 0 saturated heterocycles. The van der Waals surface area contributed by atoms with E-state index in [1.807, 2.05) is 0 Å². The van der Waals surface area contributed by atoms with Crippen LogP contribution < -0.4 is 4.90 Å². The monoisotopic (exact) mass is 211 g/mol. The van der Waals surface area contributed by atoms with Gasteiger partial charge >= 0.3 is 0 Å². The summed E-state index contributed by atoms with van der Waals surface area (Å²) in [5, 5.41) is 0. The van der Waals surface area contributed by atoms with E-state index >= 15 is 0 Å². The van der Waals surface area contributed by atoms with Crippen molar-refractivity contribution in [1.29, 1.82) is 0 Å². The van der Waals surface area contributed by atoms with Gasteiger partial charge in [-0.05, 0) is 24.1 Å². The Hall–Kier alpha value is -1.76. The molecule has 0 aliphatic rings. The molecule has 0 N–H and O–H groups in total. The van der Waals surface area contributed by atoms with Crippen molar-refractivity contribution in [3.8, 4) is 11.1 Å². The van der Waals surface area contributed by atoms with Crippen molar-refractivity contribution in [3.63, 3.8) is 0 Å². The first-order valence-corrected chi connectivity index (χ1v) is 5.52. The van der Waals surface area contributed by atoms with Crippen LogP contribution in [0.2, 0.25) is 0 Å². The molecule has 0 amide bonds. The first-order chi connectivity index (χ1) is 7.70. The highest BCUT2D eigenvalue weighted by Crippen LogP contribution is 2.32. The van der Waals surface area contributed by atoms with Gasteiger partial charge in [-0.2, -0.15) is 0 Å². The highest BCUT2D eigenvalue weighted by Gasteiger charge is 2.08. The third-order valence-corrected chi connectivity index (χ3v) is 2.80. The third-order valence-electron chi connectivity index (χ3n) is 2.80. The van der Waals surface area contributed by atoms with Crippen LogP contribution in [0.5, 0.6) is 0 Å². The van der Waals surface area contributed by atoms with Gasteiger partial charge < -0.3 is 4.90 Å². The summed E-state index contributed by atoms with van der Waals surface area (Å²) >= 11 is 0. The molecule has 0 unspecified atom stereocenters. The van der Waals surface area contributed by atoms with Gasteiger partial charge in [0.25, 0.3) is 0 Å². The molecule has 0 heterocycles. The minimum Gasteiger partial charge on any atom is -0.377 e. The maximum atomic E-state index is 2.16. The van der Waals surface area contributed by atoms with Gasteiger partial charge in [0, 0.05) is 25.3 Å². The lowest BCUT2D eigenvalue weighted by Gasteiger charge is -2.19. The Labute approximate surface area is 97.3 Å². The average Bonchev–Trinajstić information content (AvgIpc) is 2.29. The van der Waals surface area contributed by atoms with Crippen molar-refractivity contribution in [2.45, 2.75) is 6.92 Å². The summed E-state index contributed by atoms with van der Waals surface area (Å²) in [5.41, 5.74) is 5.20. The van der Waals surface area contributed by atoms with Gasteiger partial charge in [0.1, 0.15) is 0 Å². The van der Waals surface area contributed by atoms with Crippen LogP contribution in [-0.4, -0.2) is 14.1 Å². The molecule has 2 aromatic carbocycles. The zero-order chi connectivity index (χ0) is 11.5. The van der Waals surface area contributed by atoms with Crippen LogP contribution in [0.3, 0.4) is 0 Å². The second kappa shape index (κ2) is 4.40. The molecule has 0 aliphatic heterocycles. The predicted molar refractivity (Wildman–Crippen MR) is 70.9 cm³/mol. The Morgan fingerprint density at radius 3 is 2.12 bits per heavy atom. The molecule has 2 aromatic rings. The van der Waals surface area contributed by atoms with E-state index in [0.717, 1.165) is 0 Å². The van der Waals surface area contributed by atoms with Gasteiger partial charge in [0.05, 0.1) is 0 Å². The van der Waals surface area contributed by atoms with Gasteiger partial charge in [0.2, 0.25) is 0 Å². The molecule has 0 fully saturated rings. The molecule has 0 bridgehead atoms. The quantitative estimate of drug-likeness (QED) is 0.731. The fourth-order valence-electron chi connectivity index (χ4n) is 2.01. The van der Waals surface area contributed by atoms with E-state index in [1.165, 1.54) is 22.4 Å². The lowest BCUT2D eigenvalue weighted by molar-refractivity contribution is 1.13. The van der Waals surface area contributed by atoms with Crippen molar-refractivity contribution in [1.82, 2.24) is 0 Å². The first kappa shape index (κ1) is 10.7. The summed E-state index contributed by atoms with van der Waals surface area (Å²) < 4.78 is 0. The average molecular weight is 211 g/mol. The van der Waals surface area contributed by atoms with Gasteiger partial charge in [-0.1, -0.05) is 42.5 Å². The second-order valence-electron chi connectivity index (χ2n) is 4.23. The Kier molecular flexibility index (Phi) is 2.95. The minimum absolute atomic E-state index is 1.27. The Morgan fingerprint density at radius 2 is 1.50 bits per heavy atom. The highest BCUT2D eigenvalue weighted by atomic mass is 15.1. The molecule has 82 valence electrons. The van der Waals surface area contributed by atoms with Crippen LogP contribution in [-0.2, 0) is 0 Å². The molecular formula is C15H17N. The third kappa shape index (κ3) is 1.94. The molecule has 0 atom stereocenters. The Bertz CT molecular complexity index is 472. The number of hydrogen-bond donors (Lipinski definition) is 0. The van der Waals surface area contributed by atoms with E-state index in [-0.39, 0.29) is 0 Å². The van der Waals surface area contributed by atoms with E-state index in [4.69, 9.17) is 0 Å². The van der Waals surface area contributed by atoms with Crippen molar-refractivity contribution < 1.29 is 0 Å². The van der Waals surface area contributed by atoms with Crippen LogP contribution in [0.4, 0.5) is 5.69 Å². The van der Waals surface area contributed by atoms with Crippen LogP contribution in [0.25, 0.3) is 11.1 Å². The lowest BCUT2D eigenvalue weighted by Crippen LogP contribution is -2.10. The summed E-state index contributed by atoms with van der Waals surface area (Å²) in [6.07, 6.45) is 0. The molecule has 16 heavy (non-hydrogen) atoms. The van der Waals surface area contributed by atoms with Crippen LogP contribution >= 0.6 is 0 Å². The van der Waals surface area contributed by atoms with Crippen LogP contribution in [0.1, 0.15) is 5.56 Å².